The van der Waals surface area contributed by atoms with Crippen molar-refractivity contribution in [2.75, 3.05) is 6.61 Å². The first-order valence-electron chi connectivity index (χ1n) is 7.19. The average Bonchev–Trinajstić information content (AvgIpc) is 3.19. The number of esters is 1. The number of rotatable bonds is 5. The van der Waals surface area contributed by atoms with E-state index >= 15 is 0 Å². The van der Waals surface area contributed by atoms with Crippen molar-refractivity contribution in [2.24, 2.45) is 0 Å². The predicted molar refractivity (Wildman–Crippen MR) is 92.4 cm³/mol. The maximum absolute atomic E-state index is 12.1. The molecule has 5 nitrogen and oxygen atoms in total. The van der Waals surface area contributed by atoms with E-state index < -0.39 is 5.97 Å². The molecule has 1 aromatic carbocycles. The van der Waals surface area contributed by atoms with Gasteiger partial charge in [0.1, 0.15) is 5.58 Å². The van der Waals surface area contributed by atoms with Gasteiger partial charge in [0, 0.05) is 20.8 Å². The zero-order chi connectivity index (χ0) is 17.1. The Morgan fingerprint density at radius 1 is 1.33 bits per heavy atom. The van der Waals surface area contributed by atoms with Crippen LogP contribution in [0.2, 0.25) is 5.02 Å². The van der Waals surface area contributed by atoms with Crippen LogP contribution >= 0.6 is 22.9 Å². The largest absolute Gasteiger partial charge is 0.450 e. The molecule has 7 heteroatoms. The van der Waals surface area contributed by atoms with Gasteiger partial charge in [-0.2, -0.15) is 0 Å². The van der Waals surface area contributed by atoms with Crippen LogP contribution in [0.15, 0.2) is 40.1 Å². The molecule has 0 saturated carbocycles. The van der Waals surface area contributed by atoms with Gasteiger partial charge in [0.2, 0.25) is 5.76 Å². The van der Waals surface area contributed by atoms with Crippen molar-refractivity contribution >= 4 is 45.8 Å². The van der Waals surface area contributed by atoms with Gasteiger partial charge in [-0.1, -0.05) is 17.7 Å². The zero-order valence-corrected chi connectivity index (χ0v) is 14.4. The number of ether oxygens (including phenoxy) is 1. The maximum atomic E-state index is 12.1. The summed E-state index contributed by atoms with van der Waals surface area (Å²) in [5, 5.41) is 5.92. The van der Waals surface area contributed by atoms with Gasteiger partial charge in [0.15, 0.2) is 6.61 Å². The highest BCUT2D eigenvalue weighted by molar-refractivity contribution is 7.09. The molecule has 24 heavy (non-hydrogen) atoms. The highest BCUT2D eigenvalue weighted by Crippen LogP contribution is 2.28. The summed E-state index contributed by atoms with van der Waals surface area (Å²) in [5.74, 6) is -0.960. The highest BCUT2D eigenvalue weighted by atomic mass is 35.5. The third-order valence-electron chi connectivity index (χ3n) is 3.46. The molecule has 0 saturated heterocycles. The van der Waals surface area contributed by atoms with E-state index in [1.165, 1.54) is 0 Å². The van der Waals surface area contributed by atoms with Crippen LogP contribution < -0.4 is 5.32 Å². The monoisotopic (exact) mass is 363 g/mol. The van der Waals surface area contributed by atoms with Crippen LogP contribution in [0.4, 0.5) is 0 Å². The van der Waals surface area contributed by atoms with Crippen LogP contribution in [0.25, 0.3) is 11.0 Å². The number of nitrogens with one attached hydrogen (secondary N) is 1. The van der Waals surface area contributed by atoms with Gasteiger partial charge < -0.3 is 14.5 Å². The number of thiophene rings is 1. The van der Waals surface area contributed by atoms with Crippen molar-refractivity contribution in [3.63, 3.8) is 0 Å². The average molecular weight is 364 g/mol. The van der Waals surface area contributed by atoms with Crippen LogP contribution in [-0.4, -0.2) is 18.5 Å². The minimum Gasteiger partial charge on any atom is -0.450 e. The zero-order valence-electron chi connectivity index (χ0n) is 12.8. The van der Waals surface area contributed by atoms with Gasteiger partial charge in [-0.25, -0.2) is 4.79 Å². The summed E-state index contributed by atoms with van der Waals surface area (Å²) in [7, 11) is 0. The van der Waals surface area contributed by atoms with Crippen LogP contribution in [-0.2, 0) is 16.1 Å². The fourth-order valence-corrected chi connectivity index (χ4v) is 3.05. The first kappa shape index (κ1) is 16.5. The van der Waals surface area contributed by atoms with E-state index in [4.69, 9.17) is 20.8 Å². The third kappa shape index (κ3) is 3.60. The molecule has 2 heterocycles. The number of benzene rings is 1. The molecule has 3 rings (SSSR count). The standard InChI is InChI=1S/C17H14ClNO4S/c1-10-13-7-11(18)4-5-14(13)23-16(10)17(21)22-9-15(20)19-8-12-3-2-6-24-12/h2-7H,8-9H2,1H3,(H,19,20). The summed E-state index contributed by atoms with van der Waals surface area (Å²) in [6.45, 7) is 1.80. The van der Waals surface area contributed by atoms with Crippen LogP contribution in [0.1, 0.15) is 21.0 Å². The number of fused-ring (bicyclic) bond motifs is 1. The van der Waals surface area contributed by atoms with E-state index in [9.17, 15) is 9.59 Å². The Bertz CT molecular complexity index is 886. The van der Waals surface area contributed by atoms with Crippen LogP contribution in [0.5, 0.6) is 0 Å². The summed E-state index contributed by atoms with van der Waals surface area (Å²) < 4.78 is 10.5. The molecule has 1 N–H and O–H groups in total. The Morgan fingerprint density at radius 3 is 2.92 bits per heavy atom. The van der Waals surface area contributed by atoms with E-state index in [1.807, 2.05) is 17.5 Å². The summed E-state index contributed by atoms with van der Waals surface area (Å²) in [6, 6.07) is 8.91. The molecule has 0 aliphatic rings. The second-order valence-electron chi connectivity index (χ2n) is 5.13. The van der Waals surface area contributed by atoms with Crippen molar-refractivity contribution in [1.82, 2.24) is 5.32 Å². The van der Waals surface area contributed by atoms with Crippen LogP contribution in [0, 0.1) is 6.92 Å². The Hall–Kier alpha value is -2.31. The maximum Gasteiger partial charge on any atom is 0.375 e. The highest BCUT2D eigenvalue weighted by Gasteiger charge is 2.20. The Labute approximate surface area is 147 Å². The lowest BCUT2D eigenvalue weighted by Crippen LogP contribution is -2.28. The topological polar surface area (TPSA) is 68.5 Å². The van der Waals surface area contributed by atoms with E-state index in [-0.39, 0.29) is 18.3 Å². The molecule has 0 atom stereocenters. The molecule has 2 aromatic heterocycles. The van der Waals surface area contributed by atoms with E-state index in [2.05, 4.69) is 5.32 Å². The fraction of sp³-hybridized carbons (Fsp3) is 0.176. The van der Waals surface area contributed by atoms with E-state index in [1.54, 1.807) is 36.5 Å². The number of hydrogen-bond acceptors (Lipinski definition) is 5. The lowest BCUT2D eigenvalue weighted by molar-refractivity contribution is -0.124. The third-order valence-corrected chi connectivity index (χ3v) is 4.57. The number of carbonyl (C=O) groups is 2. The number of amides is 1. The number of hydrogen-bond donors (Lipinski definition) is 1. The van der Waals surface area contributed by atoms with E-state index in [0.29, 0.717) is 22.7 Å². The molecular weight excluding hydrogens is 350 g/mol. The predicted octanol–water partition coefficient (Wildman–Crippen LogP) is 3.93. The van der Waals surface area contributed by atoms with Gasteiger partial charge in [-0.15, -0.1) is 11.3 Å². The SMILES string of the molecule is Cc1c(C(=O)OCC(=O)NCc2cccs2)oc2ccc(Cl)cc12. The molecule has 3 aromatic rings. The molecule has 0 aliphatic heterocycles. The van der Waals surface area contributed by atoms with Crippen LogP contribution in [0.3, 0.4) is 0 Å². The minimum absolute atomic E-state index is 0.0818. The molecule has 0 fully saturated rings. The first-order valence-corrected chi connectivity index (χ1v) is 8.45. The molecule has 124 valence electrons. The molecule has 0 radical (unpaired) electrons. The second kappa shape index (κ2) is 7.07. The first-order chi connectivity index (χ1) is 11.5. The lowest BCUT2D eigenvalue weighted by Gasteiger charge is -2.04. The smallest absolute Gasteiger partial charge is 0.375 e. The number of halogens is 1. The normalized spacial score (nSPS) is 10.8. The van der Waals surface area contributed by atoms with Gasteiger partial charge in [-0.05, 0) is 36.6 Å². The molecule has 0 aliphatic carbocycles. The van der Waals surface area contributed by atoms with Gasteiger partial charge in [-0.3, -0.25) is 4.79 Å². The van der Waals surface area contributed by atoms with Crippen molar-refractivity contribution in [1.29, 1.82) is 0 Å². The molecule has 1 amide bonds. The molecule has 0 unspecified atom stereocenters. The van der Waals surface area contributed by atoms with Crippen molar-refractivity contribution < 1.29 is 18.7 Å². The van der Waals surface area contributed by atoms with Crippen molar-refractivity contribution in [3.8, 4) is 0 Å². The summed E-state index contributed by atoms with van der Waals surface area (Å²) in [5.41, 5.74) is 1.18. The summed E-state index contributed by atoms with van der Waals surface area (Å²) in [6.07, 6.45) is 0. The lowest BCUT2D eigenvalue weighted by atomic mass is 10.1. The van der Waals surface area contributed by atoms with Crippen molar-refractivity contribution in [3.05, 3.63) is 56.9 Å². The number of carbonyl (C=O) groups excluding carboxylic acids is 2. The van der Waals surface area contributed by atoms with Gasteiger partial charge in [0.25, 0.3) is 5.91 Å². The molecular formula is C17H14ClNO4S. The minimum atomic E-state index is -0.675. The molecule has 0 spiro atoms. The van der Waals surface area contributed by atoms with Crippen molar-refractivity contribution in [2.45, 2.75) is 13.5 Å². The number of aryl methyl sites for hydroxylation is 1. The second-order valence-corrected chi connectivity index (χ2v) is 6.60. The number of furan rings is 1. The summed E-state index contributed by atoms with van der Waals surface area (Å²) >= 11 is 7.49. The van der Waals surface area contributed by atoms with Gasteiger partial charge in [0.05, 0.1) is 6.54 Å². The molecule has 0 bridgehead atoms. The quantitative estimate of drug-likeness (QED) is 0.697. The van der Waals surface area contributed by atoms with E-state index in [0.717, 1.165) is 10.3 Å². The Balaban J connectivity index is 1.60. The fourth-order valence-electron chi connectivity index (χ4n) is 2.23. The Kier molecular flexibility index (Phi) is 4.87. The van der Waals surface area contributed by atoms with Gasteiger partial charge >= 0.3 is 5.97 Å². The summed E-state index contributed by atoms with van der Waals surface area (Å²) in [4.78, 5) is 24.9. The Morgan fingerprint density at radius 2 is 2.17 bits per heavy atom.